The predicted molar refractivity (Wildman–Crippen MR) is 150 cm³/mol. The molecular weight excluding hydrogens is 466 g/mol. The lowest BCUT2D eigenvalue weighted by molar-refractivity contribution is -0.00235. The second-order valence-corrected chi connectivity index (χ2v) is 11.1. The minimum Gasteiger partial charge on any atom is -0.385 e. The van der Waals surface area contributed by atoms with Crippen LogP contribution < -0.4 is 26.8 Å². The van der Waals surface area contributed by atoms with Gasteiger partial charge in [-0.05, 0) is 44.1 Å². The zero-order valence-electron chi connectivity index (χ0n) is 22.6. The zero-order valence-corrected chi connectivity index (χ0v) is 22.6. The number of rotatable bonds is 13. The van der Waals surface area contributed by atoms with E-state index in [0.29, 0.717) is 37.1 Å². The van der Waals surface area contributed by atoms with Gasteiger partial charge in [-0.2, -0.15) is 0 Å². The summed E-state index contributed by atoms with van der Waals surface area (Å²) in [6.07, 6.45) is 9.99. The van der Waals surface area contributed by atoms with Crippen molar-refractivity contribution < 1.29 is 9.47 Å². The maximum atomic E-state index is 12.8. The smallest absolute Gasteiger partial charge is 0.253 e. The highest BCUT2D eigenvalue weighted by molar-refractivity contribution is 5.75. The Morgan fingerprint density at radius 2 is 1.78 bits per heavy atom. The number of hydrogen-bond acceptors (Lipinski definition) is 7. The van der Waals surface area contributed by atoms with Gasteiger partial charge in [-0.25, -0.2) is 0 Å². The van der Waals surface area contributed by atoms with Gasteiger partial charge in [0.05, 0.1) is 6.10 Å². The summed E-state index contributed by atoms with van der Waals surface area (Å²) in [6, 6.07) is 10.2. The molecular formula is C30H45N3O4. The van der Waals surface area contributed by atoms with Crippen LogP contribution in [-0.4, -0.2) is 45.5 Å². The van der Waals surface area contributed by atoms with E-state index in [1.807, 2.05) is 25.1 Å². The third-order valence-corrected chi connectivity index (χ3v) is 8.28. The van der Waals surface area contributed by atoms with Gasteiger partial charge in [0, 0.05) is 51.4 Å². The summed E-state index contributed by atoms with van der Waals surface area (Å²) in [7, 11) is 1.70. The molecule has 0 spiro atoms. The first kappa shape index (κ1) is 27.8. The first-order valence-electron chi connectivity index (χ1n) is 14.3. The third kappa shape index (κ3) is 7.01. The zero-order chi connectivity index (χ0) is 26.2. The molecule has 2 fully saturated rings. The van der Waals surface area contributed by atoms with E-state index in [9.17, 15) is 9.59 Å². The van der Waals surface area contributed by atoms with Crippen LogP contribution in [0.25, 0.3) is 0 Å². The normalized spacial score (nSPS) is 21.6. The summed E-state index contributed by atoms with van der Waals surface area (Å²) in [4.78, 5) is 27.7. The van der Waals surface area contributed by atoms with Crippen molar-refractivity contribution in [1.82, 2.24) is 0 Å². The van der Waals surface area contributed by atoms with Crippen LogP contribution in [0.4, 0.5) is 11.4 Å². The molecule has 4 unspecified atom stereocenters. The van der Waals surface area contributed by atoms with Crippen LogP contribution in [0.5, 0.6) is 0 Å². The van der Waals surface area contributed by atoms with Gasteiger partial charge in [-0.15, -0.1) is 0 Å². The molecule has 0 aromatic heterocycles. The Morgan fingerprint density at radius 3 is 2.49 bits per heavy atom. The lowest BCUT2D eigenvalue weighted by atomic mass is 9.83. The lowest BCUT2D eigenvalue weighted by Gasteiger charge is -2.39. The number of nitrogens with two attached hydrogens (primary N) is 1. The Kier molecular flexibility index (Phi) is 10.2. The molecule has 1 aliphatic heterocycles. The van der Waals surface area contributed by atoms with Crippen molar-refractivity contribution in [2.75, 3.05) is 43.6 Å². The molecule has 0 radical (unpaired) electrons. The second kappa shape index (κ2) is 13.5. The molecule has 0 bridgehead atoms. The Balaban J connectivity index is 1.48. The number of piperidine rings is 1. The summed E-state index contributed by atoms with van der Waals surface area (Å²) >= 11 is 0. The molecule has 37 heavy (non-hydrogen) atoms. The number of methoxy groups -OCH3 is 1. The van der Waals surface area contributed by atoms with Gasteiger partial charge in [-0.3, -0.25) is 9.59 Å². The highest BCUT2D eigenvalue weighted by Crippen LogP contribution is 2.36. The SMILES string of the molecule is COCCCOC(c1ccccc1)C1CCCN(c2c(NC(CC3CCCCC3)C(C)N)c(=O)c2=O)C1. The number of hydrogen-bond donors (Lipinski definition) is 2. The fourth-order valence-electron chi connectivity index (χ4n) is 6.21. The fourth-order valence-corrected chi connectivity index (χ4v) is 6.21. The van der Waals surface area contributed by atoms with Crippen LogP contribution in [0, 0.1) is 11.8 Å². The molecule has 0 amide bonds. The number of anilines is 2. The summed E-state index contributed by atoms with van der Waals surface area (Å²) in [5.41, 5.74) is 7.76. The van der Waals surface area contributed by atoms with Crippen LogP contribution in [0.1, 0.15) is 76.4 Å². The Labute approximate surface area is 221 Å². The van der Waals surface area contributed by atoms with Crippen LogP contribution in [0.3, 0.4) is 0 Å². The average molecular weight is 512 g/mol. The van der Waals surface area contributed by atoms with Crippen molar-refractivity contribution in [2.24, 2.45) is 17.6 Å². The van der Waals surface area contributed by atoms with Crippen LogP contribution in [0.2, 0.25) is 0 Å². The minimum absolute atomic E-state index is 0.00748. The number of ether oxygens (including phenoxy) is 2. The number of nitrogens with one attached hydrogen (secondary N) is 1. The van der Waals surface area contributed by atoms with Gasteiger partial charge in [0.2, 0.25) is 0 Å². The van der Waals surface area contributed by atoms with E-state index >= 15 is 0 Å². The molecule has 7 nitrogen and oxygen atoms in total. The highest BCUT2D eigenvalue weighted by atomic mass is 16.5. The third-order valence-electron chi connectivity index (χ3n) is 8.28. The molecule has 1 aliphatic carbocycles. The van der Waals surface area contributed by atoms with Gasteiger partial charge in [0.1, 0.15) is 11.4 Å². The van der Waals surface area contributed by atoms with Crippen molar-refractivity contribution in [3.63, 3.8) is 0 Å². The van der Waals surface area contributed by atoms with Crippen molar-refractivity contribution in [2.45, 2.75) is 82.9 Å². The predicted octanol–water partition coefficient (Wildman–Crippen LogP) is 4.39. The van der Waals surface area contributed by atoms with Crippen LogP contribution in [0.15, 0.2) is 39.9 Å². The van der Waals surface area contributed by atoms with Gasteiger partial charge in [0.25, 0.3) is 10.9 Å². The lowest BCUT2D eigenvalue weighted by Crippen LogP contribution is -2.50. The maximum Gasteiger partial charge on any atom is 0.253 e. The number of benzene rings is 1. The molecule has 1 saturated carbocycles. The minimum atomic E-state index is -0.401. The molecule has 1 heterocycles. The monoisotopic (exact) mass is 511 g/mol. The van der Waals surface area contributed by atoms with E-state index in [-0.39, 0.29) is 29.5 Å². The van der Waals surface area contributed by atoms with Crippen molar-refractivity contribution >= 4 is 11.4 Å². The standard InChI is InChI=1S/C30H45N3O4/c1-21(31)25(19-22-11-5-3-6-12-22)32-26-27(29(35)28(26)34)33-16-9-15-24(20-33)30(37-18-10-17-36-2)23-13-7-4-8-14-23/h4,7-8,13-14,21-22,24-25,30,32H,3,5-6,9-12,15-20,31H2,1-2H3. The molecule has 1 saturated heterocycles. The molecule has 204 valence electrons. The fraction of sp³-hybridized carbons (Fsp3) is 0.667. The molecule has 7 heteroatoms. The van der Waals surface area contributed by atoms with Gasteiger partial charge < -0.3 is 25.4 Å². The van der Waals surface area contributed by atoms with E-state index in [0.717, 1.165) is 37.8 Å². The van der Waals surface area contributed by atoms with E-state index in [1.54, 1.807) is 7.11 Å². The summed E-state index contributed by atoms with van der Waals surface area (Å²) in [6.45, 7) is 4.74. The number of nitrogens with zero attached hydrogens (tertiary/aromatic N) is 1. The van der Waals surface area contributed by atoms with Gasteiger partial charge in [-0.1, -0.05) is 62.4 Å². The molecule has 4 rings (SSSR count). The molecule has 2 aliphatic rings. The Bertz CT molecular complexity index is 1030. The summed E-state index contributed by atoms with van der Waals surface area (Å²) < 4.78 is 11.6. The van der Waals surface area contributed by atoms with Crippen LogP contribution in [-0.2, 0) is 9.47 Å². The second-order valence-electron chi connectivity index (χ2n) is 11.1. The summed E-state index contributed by atoms with van der Waals surface area (Å²) in [5, 5.41) is 3.45. The largest absolute Gasteiger partial charge is 0.385 e. The van der Waals surface area contributed by atoms with Gasteiger partial charge >= 0.3 is 0 Å². The Hall–Kier alpha value is -2.22. The Morgan fingerprint density at radius 1 is 1.03 bits per heavy atom. The summed E-state index contributed by atoms with van der Waals surface area (Å²) in [5.74, 6) is 0.857. The van der Waals surface area contributed by atoms with Crippen molar-refractivity contribution in [1.29, 1.82) is 0 Å². The van der Waals surface area contributed by atoms with E-state index < -0.39 is 5.43 Å². The maximum absolute atomic E-state index is 12.8. The first-order chi connectivity index (χ1) is 18.0. The van der Waals surface area contributed by atoms with E-state index in [1.165, 1.54) is 32.1 Å². The topological polar surface area (TPSA) is 93.9 Å². The molecule has 2 aromatic carbocycles. The molecule has 4 atom stereocenters. The molecule has 3 N–H and O–H groups in total. The highest BCUT2D eigenvalue weighted by Gasteiger charge is 2.35. The average Bonchev–Trinajstić information content (AvgIpc) is 2.93. The molecule has 2 aromatic rings. The van der Waals surface area contributed by atoms with Crippen LogP contribution >= 0.6 is 0 Å². The quantitative estimate of drug-likeness (QED) is 0.304. The van der Waals surface area contributed by atoms with Crippen molar-refractivity contribution in [3.8, 4) is 0 Å². The first-order valence-corrected chi connectivity index (χ1v) is 14.3. The van der Waals surface area contributed by atoms with Crippen molar-refractivity contribution in [3.05, 3.63) is 56.3 Å². The van der Waals surface area contributed by atoms with E-state index in [2.05, 4.69) is 22.3 Å². The van der Waals surface area contributed by atoms with E-state index in [4.69, 9.17) is 15.2 Å². The van der Waals surface area contributed by atoms with Gasteiger partial charge in [0.15, 0.2) is 0 Å².